The van der Waals surface area contributed by atoms with Crippen LogP contribution in [0.4, 0.5) is 5.69 Å². The summed E-state index contributed by atoms with van der Waals surface area (Å²) in [6.07, 6.45) is 1.27. The molecule has 0 unspecified atom stereocenters. The van der Waals surface area contributed by atoms with Gasteiger partial charge in [-0.05, 0) is 25.1 Å². The van der Waals surface area contributed by atoms with Gasteiger partial charge in [0.15, 0.2) is 0 Å². The summed E-state index contributed by atoms with van der Waals surface area (Å²) < 4.78 is 25.3. The third-order valence-corrected chi connectivity index (χ3v) is 5.50. The summed E-state index contributed by atoms with van der Waals surface area (Å²) in [4.78, 5) is 22.6. The molecule has 10 heteroatoms. The van der Waals surface area contributed by atoms with E-state index in [2.05, 4.69) is 10.5 Å². The molecule has 2 aromatic rings. The topological polar surface area (TPSA) is 122 Å². The molecule has 0 aromatic heterocycles. The lowest BCUT2D eigenvalue weighted by Gasteiger charge is -2.11. The van der Waals surface area contributed by atoms with Gasteiger partial charge >= 0.3 is 0 Å². The molecule has 1 N–H and O–H groups in total. The summed E-state index contributed by atoms with van der Waals surface area (Å²) in [5.74, 6) is -0.608. The second-order valence-corrected chi connectivity index (χ2v) is 7.97. The highest BCUT2D eigenvalue weighted by Gasteiger charge is 2.18. The first-order valence-corrected chi connectivity index (χ1v) is 9.18. The maximum Gasteiger partial charge on any atom is 0.272 e. The number of sulfonamides is 1. The zero-order valence-electron chi connectivity index (χ0n) is 14.9. The van der Waals surface area contributed by atoms with Gasteiger partial charge in [0.25, 0.3) is 11.6 Å². The third-order valence-electron chi connectivity index (χ3n) is 3.68. The van der Waals surface area contributed by atoms with Gasteiger partial charge < -0.3 is 0 Å². The Morgan fingerprint density at radius 2 is 1.93 bits per heavy atom. The molecule has 0 saturated carbocycles. The Bertz CT molecular complexity index is 1020. The van der Waals surface area contributed by atoms with E-state index in [0.717, 1.165) is 4.31 Å². The molecule has 0 bridgehead atoms. The summed E-state index contributed by atoms with van der Waals surface area (Å²) >= 11 is 0. The van der Waals surface area contributed by atoms with Crippen molar-refractivity contribution >= 4 is 27.8 Å². The number of aryl methyl sites for hydroxylation is 1. The van der Waals surface area contributed by atoms with E-state index >= 15 is 0 Å². The van der Waals surface area contributed by atoms with Gasteiger partial charge in [0.1, 0.15) is 0 Å². The normalized spacial score (nSPS) is 11.7. The summed E-state index contributed by atoms with van der Waals surface area (Å²) in [5.41, 5.74) is 3.29. The van der Waals surface area contributed by atoms with Crippen molar-refractivity contribution in [2.45, 2.75) is 11.8 Å². The van der Waals surface area contributed by atoms with E-state index in [1.165, 1.54) is 50.6 Å². The van der Waals surface area contributed by atoms with Crippen molar-refractivity contribution in [3.63, 3.8) is 0 Å². The molecule has 0 atom stereocenters. The lowest BCUT2D eigenvalue weighted by molar-refractivity contribution is -0.385. The Morgan fingerprint density at radius 1 is 1.22 bits per heavy atom. The van der Waals surface area contributed by atoms with Gasteiger partial charge in [0.05, 0.1) is 16.0 Å². The highest BCUT2D eigenvalue weighted by molar-refractivity contribution is 7.89. The van der Waals surface area contributed by atoms with Crippen molar-refractivity contribution in [3.8, 4) is 0 Å². The molecule has 9 nitrogen and oxygen atoms in total. The fraction of sp³-hybridized carbons (Fsp3) is 0.176. The Kier molecular flexibility index (Phi) is 6.03. The van der Waals surface area contributed by atoms with Crippen molar-refractivity contribution in [2.75, 3.05) is 14.1 Å². The number of nitro groups is 1. The maximum atomic E-state index is 12.2. The standard InChI is InChI=1S/C17H18N4O5S/c1-12-7-8-13(9-16(12)21(23)24)11-18-19-17(22)14-5-4-6-15(10-14)27(25,26)20(2)3/h4-11H,1-3H3,(H,19,22)/b18-11-. The number of carbonyl (C=O) groups excluding carboxylic acids is 1. The van der Waals surface area contributed by atoms with E-state index in [4.69, 9.17) is 0 Å². The quantitative estimate of drug-likeness (QED) is 0.459. The second-order valence-electron chi connectivity index (χ2n) is 5.82. The zero-order chi connectivity index (χ0) is 20.2. The Labute approximate surface area is 156 Å². The Hall–Kier alpha value is -3.11. The number of nitro benzene ring substituents is 1. The van der Waals surface area contributed by atoms with Crippen molar-refractivity contribution in [1.82, 2.24) is 9.73 Å². The van der Waals surface area contributed by atoms with Crippen LogP contribution in [-0.2, 0) is 10.0 Å². The highest BCUT2D eigenvalue weighted by Crippen LogP contribution is 2.18. The van der Waals surface area contributed by atoms with Crippen LogP contribution in [0.2, 0.25) is 0 Å². The van der Waals surface area contributed by atoms with Crippen LogP contribution in [0.5, 0.6) is 0 Å². The van der Waals surface area contributed by atoms with Crippen molar-refractivity contribution in [3.05, 3.63) is 69.3 Å². The van der Waals surface area contributed by atoms with Gasteiger partial charge in [-0.25, -0.2) is 18.1 Å². The largest absolute Gasteiger partial charge is 0.272 e. The van der Waals surface area contributed by atoms with E-state index in [1.807, 2.05) is 0 Å². The van der Waals surface area contributed by atoms with Gasteiger partial charge in [-0.2, -0.15) is 5.10 Å². The molecule has 0 aliphatic rings. The highest BCUT2D eigenvalue weighted by atomic mass is 32.2. The van der Waals surface area contributed by atoms with Crippen LogP contribution in [0, 0.1) is 17.0 Å². The molecule has 0 spiro atoms. The smallest absolute Gasteiger partial charge is 0.267 e. The van der Waals surface area contributed by atoms with Crippen molar-refractivity contribution < 1.29 is 18.1 Å². The van der Waals surface area contributed by atoms with E-state index in [0.29, 0.717) is 11.1 Å². The lowest BCUT2D eigenvalue weighted by atomic mass is 10.1. The average Bonchev–Trinajstić information content (AvgIpc) is 2.62. The molecule has 0 heterocycles. The van der Waals surface area contributed by atoms with Gasteiger partial charge in [0.2, 0.25) is 10.0 Å². The minimum atomic E-state index is -3.66. The number of hydrazone groups is 1. The first kappa shape index (κ1) is 20.2. The molecule has 0 aliphatic heterocycles. The number of nitrogens with zero attached hydrogens (tertiary/aromatic N) is 3. The van der Waals surface area contributed by atoms with Crippen LogP contribution < -0.4 is 5.43 Å². The first-order chi connectivity index (χ1) is 12.6. The van der Waals surface area contributed by atoms with Gasteiger partial charge in [-0.3, -0.25) is 14.9 Å². The Morgan fingerprint density at radius 3 is 2.56 bits per heavy atom. The fourth-order valence-electron chi connectivity index (χ4n) is 2.14. The lowest BCUT2D eigenvalue weighted by Crippen LogP contribution is -2.23. The number of hydrogen-bond donors (Lipinski definition) is 1. The first-order valence-electron chi connectivity index (χ1n) is 7.74. The van der Waals surface area contributed by atoms with Crippen molar-refractivity contribution in [1.29, 1.82) is 0 Å². The number of hydrogen-bond acceptors (Lipinski definition) is 6. The minimum absolute atomic E-state index is 0.0155. The number of rotatable bonds is 6. The maximum absolute atomic E-state index is 12.2. The predicted octanol–water partition coefficient (Wildman–Crippen LogP) is 1.92. The molecule has 0 saturated heterocycles. The molecule has 2 rings (SSSR count). The zero-order valence-corrected chi connectivity index (χ0v) is 15.7. The van der Waals surface area contributed by atoms with E-state index in [-0.39, 0.29) is 16.1 Å². The average molecular weight is 390 g/mol. The fourth-order valence-corrected chi connectivity index (χ4v) is 3.09. The molecule has 0 fully saturated rings. The number of benzene rings is 2. The number of amides is 1. The second kappa shape index (κ2) is 8.06. The van der Waals surface area contributed by atoms with Gasteiger partial charge in [0, 0.05) is 36.9 Å². The number of nitrogens with one attached hydrogen (secondary N) is 1. The molecule has 0 radical (unpaired) electrons. The summed E-state index contributed by atoms with van der Waals surface area (Å²) in [6, 6.07) is 10.1. The van der Waals surface area contributed by atoms with Crippen LogP contribution in [-0.4, -0.2) is 43.9 Å². The molecule has 2 aromatic carbocycles. The van der Waals surface area contributed by atoms with Gasteiger partial charge in [-0.1, -0.05) is 18.2 Å². The van der Waals surface area contributed by atoms with Crippen LogP contribution >= 0.6 is 0 Å². The predicted molar refractivity (Wildman–Crippen MR) is 100 cm³/mol. The molecule has 1 amide bonds. The third kappa shape index (κ3) is 4.74. The number of carbonyl (C=O) groups is 1. The molecule has 27 heavy (non-hydrogen) atoms. The summed E-state index contributed by atoms with van der Waals surface area (Å²) in [5, 5.41) is 14.7. The van der Waals surface area contributed by atoms with E-state index in [9.17, 15) is 23.3 Å². The van der Waals surface area contributed by atoms with E-state index < -0.39 is 20.9 Å². The minimum Gasteiger partial charge on any atom is -0.267 e. The summed E-state index contributed by atoms with van der Waals surface area (Å²) in [7, 11) is -0.870. The monoisotopic (exact) mass is 390 g/mol. The SMILES string of the molecule is Cc1ccc(/C=N\NC(=O)c2cccc(S(=O)(=O)N(C)C)c2)cc1[N+](=O)[O-]. The Balaban J connectivity index is 2.16. The van der Waals surface area contributed by atoms with Crippen molar-refractivity contribution in [2.24, 2.45) is 5.10 Å². The molecular formula is C17H18N4O5S. The summed E-state index contributed by atoms with van der Waals surface area (Å²) in [6.45, 7) is 1.62. The van der Waals surface area contributed by atoms with Crippen LogP contribution in [0.3, 0.4) is 0 Å². The van der Waals surface area contributed by atoms with E-state index in [1.54, 1.807) is 19.1 Å². The molecule has 0 aliphatic carbocycles. The molecule has 142 valence electrons. The molecular weight excluding hydrogens is 372 g/mol. The van der Waals surface area contributed by atoms with Crippen LogP contribution in [0.15, 0.2) is 52.5 Å². The van der Waals surface area contributed by atoms with Gasteiger partial charge in [-0.15, -0.1) is 0 Å². The van der Waals surface area contributed by atoms with Crippen LogP contribution in [0.1, 0.15) is 21.5 Å². The van der Waals surface area contributed by atoms with Crippen LogP contribution in [0.25, 0.3) is 0 Å².